The van der Waals surface area contributed by atoms with E-state index in [1.807, 2.05) is 34.0 Å². The SMILES string of the molecule is c1cc2c3c(c1)C14c5cccc6sc7cccc(c7c56)C1(c1cccc(c1-3)C2)c1cccc2sc3cccc4c3c12.c1ccc(-n2c3cccc4c3c3c(cccc32)C23c5cccc6sc7cccc(c7c56)C42c2cccc4c2c2c3cccc2n4-c2ccccc2)cc1.c1ccc(-n2c3cccc4c3c3c(cccc32)C23c5ccccc5-c5ccccc5C42c2cccc4c2c2c3cccc2n4-c2ccccc2)cc1. The van der Waals surface area contributed by atoms with Crippen LogP contribution in [0, 0.1) is 0 Å². The minimum Gasteiger partial charge on any atom is -0.309 e. The maximum atomic E-state index is 2.52. The highest BCUT2D eigenvalue weighted by atomic mass is 32.1. The van der Waals surface area contributed by atoms with Crippen LogP contribution >= 0.6 is 34.0 Å². The van der Waals surface area contributed by atoms with Gasteiger partial charge in [-0.15, -0.1) is 34.0 Å². The molecule has 10 aliphatic carbocycles. The molecule has 0 amide bonds. The molecular formula is C139H78N4S3. The van der Waals surface area contributed by atoms with Crippen LogP contribution < -0.4 is 0 Å². The third-order valence-corrected chi connectivity index (χ3v) is 40.3. The van der Waals surface area contributed by atoms with E-state index in [-0.39, 0.29) is 10.8 Å². The highest BCUT2D eigenvalue weighted by molar-refractivity contribution is 7.26. The topological polar surface area (TPSA) is 19.7 Å². The molecule has 672 valence electrons. The second-order valence-electron chi connectivity index (χ2n) is 42.1. The lowest BCUT2D eigenvalue weighted by Gasteiger charge is -2.60. The molecule has 0 fully saturated rings. The van der Waals surface area contributed by atoms with Crippen molar-refractivity contribution in [2.45, 2.75) is 38.9 Å². The van der Waals surface area contributed by atoms with Crippen molar-refractivity contribution in [2.75, 3.05) is 0 Å². The number of rotatable bonds is 4. The van der Waals surface area contributed by atoms with Crippen molar-refractivity contribution in [2.24, 2.45) is 0 Å². The van der Waals surface area contributed by atoms with E-state index in [9.17, 15) is 0 Å². The molecular weight excluding hydrogens is 1820 g/mol. The molecule has 29 aromatic rings. The van der Waals surface area contributed by atoms with Crippen molar-refractivity contribution in [3.8, 4) is 45.0 Å². The first-order valence-electron chi connectivity index (χ1n) is 51.3. The molecule has 0 unspecified atom stereocenters. The molecule has 22 aromatic carbocycles. The minimum atomic E-state index is -0.564. The van der Waals surface area contributed by atoms with Gasteiger partial charge in [0.2, 0.25) is 0 Å². The van der Waals surface area contributed by atoms with Gasteiger partial charge in [0.1, 0.15) is 0 Å². The van der Waals surface area contributed by atoms with Crippen molar-refractivity contribution in [3.63, 3.8) is 0 Å². The molecule has 146 heavy (non-hydrogen) atoms. The van der Waals surface area contributed by atoms with Crippen molar-refractivity contribution in [1.82, 2.24) is 18.3 Å². The number of fused-ring (bicyclic) bond motifs is 3. The van der Waals surface area contributed by atoms with Gasteiger partial charge in [0.05, 0.1) is 76.6 Å². The van der Waals surface area contributed by atoms with Crippen molar-refractivity contribution < 1.29 is 0 Å². The third kappa shape index (κ3) is 8.15. The summed E-state index contributed by atoms with van der Waals surface area (Å²) in [6.45, 7) is 0. The van der Waals surface area contributed by atoms with Crippen LogP contribution in [0.4, 0.5) is 0 Å². The first-order valence-corrected chi connectivity index (χ1v) is 53.8. The summed E-state index contributed by atoms with van der Waals surface area (Å²) in [6, 6.07) is 177. The van der Waals surface area contributed by atoms with E-state index in [0.29, 0.717) is 0 Å². The van der Waals surface area contributed by atoms with Crippen molar-refractivity contribution >= 4 is 182 Å². The Morgan fingerprint density at radius 2 is 0.301 bits per heavy atom. The van der Waals surface area contributed by atoms with E-state index in [2.05, 4.69) is 479 Å². The summed E-state index contributed by atoms with van der Waals surface area (Å²) < 4.78 is 18.4. The maximum absolute atomic E-state index is 2.52. The first kappa shape index (κ1) is 77.4. The quantitative estimate of drug-likeness (QED) is 0.167. The largest absolute Gasteiger partial charge is 0.309 e. The van der Waals surface area contributed by atoms with Crippen LogP contribution in [-0.2, 0) is 38.9 Å². The number of benzene rings is 22. The molecule has 0 bridgehead atoms. The Bertz CT molecular complexity index is 10200. The minimum absolute atomic E-state index is 0.377. The van der Waals surface area contributed by atoms with Gasteiger partial charge in [0.15, 0.2) is 0 Å². The number of nitrogens with zero attached hydrogens (tertiary/aromatic N) is 4. The molecule has 0 radical (unpaired) electrons. The average Bonchev–Trinajstić information content (AvgIpc) is 1.32. The number of hydrogen-bond acceptors (Lipinski definition) is 3. The van der Waals surface area contributed by atoms with E-state index in [0.717, 1.165) is 6.42 Å². The predicted octanol–water partition coefficient (Wildman–Crippen LogP) is 34.7. The molecule has 0 N–H and O–H groups in total. The van der Waals surface area contributed by atoms with Crippen LogP contribution in [0.3, 0.4) is 0 Å². The van der Waals surface area contributed by atoms with Crippen LogP contribution in [-0.4, -0.2) is 18.3 Å². The second-order valence-corrected chi connectivity index (χ2v) is 45.4. The standard InChI is InChI=1S/C50H28N2S.C50H30N2.C39H20S2/c1-3-13-29(14-4-1)51-37-23-7-17-31-43(37)44-32(18-8-24-38(44)51)50-34-20-10-26-40-46(34)45-33(19-9-25-39(45)52(40)30-15-5-2-6-16-30)49(31,50)35-21-11-27-41-47(35)48-36(50)22-12-28-42(48)53-41;1-3-15-31(16-4-1)51-41-27-11-23-37-45(41)46-38(24-12-28-42(46)51)50-36-22-10-8-20-34(36)33-19-7-9-21-35(33)49(37,50)39-25-13-29-43-47(39)48-40(50)26-14-30-44(48)52(43)32-17-5-2-6-18-32;1-7-20-19-21-8-2-10-23-33(21)32(20)22(9-1)38-24-11-3-15-28-34(24)36-26(13-5-17-30(36)40-28)39(23,38)27-14-6-18-31-37(27)35-25(38)12-4-16-29(35)41-31/h1-28H;1-30H;1-18H,19H2. The average molecular weight is 1900 g/mol. The zero-order valence-electron chi connectivity index (χ0n) is 78.6. The van der Waals surface area contributed by atoms with Gasteiger partial charge in [-0.3, -0.25) is 0 Å². The van der Waals surface area contributed by atoms with E-state index < -0.39 is 21.7 Å². The number of hydrogen-bond donors (Lipinski definition) is 0. The van der Waals surface area contributed by atoms with Crippen molar-refractivity contribution in [1.29, 1.82) is 0 Å². The zero-order valence-corrected chi connectivity index (χ0v) is 81.0. The number of para-hydroxylation sites is 4. The highest BCUT2D eigenvalue weighted by Gasteiger charge is 2.71. The molecule has 7 aromatic heterocycles. The predicted molar refractivity (Wildman–Crippen MR) is 607 cm³/mol. The van der Waals surface area contributed by atoms with Gasteiger partial charge in [-0.2, -0.15) is 0 Å². The lowest BCUT2D eigenvalue weighted by Crippen LogP contribution is -2.57. The van der Waals surface area contributed by atoms with Crippen LogP contribution in [0.2, 0.25) is 0 Å². The Balaban J connectivity index is 0.0000000903. The molecule has 39 rings (SSSR count). The molecule has 0 aliphatic heterocycles. The molecule has 10 aliphatic rings. The molecule has 7 heteroatoms. The fourth-order valence-corrected chi connectivity index (χ4v) is 36.6. The van der Waals surface area contributed by atoms with Gasteiger partial charge in [-0.1, -0.05) is 328 Å². The van der Waals surface area contributed by atoms with Crippen LogP contribution in [0.1, 0.15) is 111 Å². The second kappa shape index (κ2) is 26.4. The lowest BCUT2D eigenvalue weighted by atomic mass is 9.40. The van der Waals surface area contributed by atoms with Crippen LogP contribution in [0.15, 0.2) is 461 Å². The maximum Gasteiger partial charge on any atom is 0.0650 e. The van der Waals surface area contributed by atoms with Gasteiger partial charge in [0.25, 0.3) is 0 Å². The van der Waals surface area contributed by atoms with Crippen LogP contribution in [0.5, 0.6) is 0 Å². The Kier molecular flexibility index (Phi) is 14.0. The normalized spacial score (nSPS) is 19.8. The molecule has 4 nitrogen and oxygen atoms in total. The van der Waals surface area contributed by atoms with E-state index in [4.69, 9.17) is 0 Å². The van der Waals surface area contributed by atoms with Gasteiger partial charge >= 0.3 is 0 Å². The number of thiophene rings is 3. The summed E-state index contributed by atoms with van der Waals surface area (Å²) in [7, 11) is 0. The summed E-state index contributed by atoms with van der Waals surface area (Å²) in [6.07, 6.45) is 1.02. The first-order chi connectivity index (χ1) is 72.5. The summed E-state index contributed by atoms with van der Waals surface area (Å²) in [5, 5.41) is 19.6. The third-order valence-electron chi connectivity index (χ3n) is 36.9. The van der Waals surface area contributed by atoms with Gasteiger partial charge < -0.3 is 18.3 Å². The molecule has 0 saturated heterocycles. The summed E-state index contributed by atoms with van der Waals surface area (Å²) in [5.74, 6) is 0. The highest BCUT2D eigenvalue weighted by Crippen LogP contribution is 2.79. The number of aromatic nitrogens is 4. The summed E-state index contributed by atoms with van der Waals surface area (Å²) in [4.78, 5) is 0. The molecule has 0 saturated carbocycles. The van der Waals surface area contributed by atoms with E-state index >= 15 is 0 Å². The Hall–Kier alpha value is -17.3. The lowest BCUT2D eigenvalue weighted by molar-refractivity contribution is 0.419. The van der Waals surface area contributed by atoms with E-state index in [1.165, 1.54) is 304 Å². The monoisotopic (exact) mass is 1900 g/mol. The van der Waals surface area contributed by atoms with Crippen molar-refractivity contribution in [3.05, 3.63) is 572 Å². The Labute approximate surface area is 849 Å². The fourth-order valence-electron chi connectivity index (χ4n) is 33.1. The summed E-state index contributed by atoms with van der Waals surface area (Å²) in [5.41, 5.74) is 46.1. The Morgan fingerprint density at radius 1 is 0.137 bits per heavy atom. The smallest absolute Gasteiger partial charge is 0.0650 e. The van der Waals surface area contributed by atoms with Gasteiger partial charge in [-0.05, 0) is 273 Å². The molecule has 0 atom stereocenters. The zero-order chi connectivity index (χ0) is 94.2. The summed E-state index contributed by atoms with van der Waals surface area (Å²) >= 11 is 5.88. The van der Waals surface area contributed by atoms with Gasteiger partial charge in [-0.25, -0.2) is 0 Å². The Morgan fingerprint density at radius 3 is 0.527 bits per heavy atom. The fraction of sp³-hybridized carbons (Fsp3) is 0.0504. The molecule has 0 spiro atoms. The molecule has 7 heterocycles. The van der Waals surface area contributed by atoms with Crippen LogP contribution in [0.25, 0.3) is 193 Å². The van der Waals surface area contributed by atoms with Gasteiger partial charge in [0, 0.05) is 126 Å². The van der Waals surface area contributed by atoms with E-state index in [1.54, 1.807) is 0 Å².